The van der Waals surface area contributed by atoms with E-state index in [0.717, 1.165) is 6.04 Å². The van der Waals surface area contributed by atoms with Crippen LogP contribution in [0, 0.1) is 5.92 Å². The second kappa shape index (κ2) is 7.84. The first-order valence-electron chi connectivity index (χ1n) is 9.21. The van der Waals surface area contributed by atoms with E-state index < -0.39 is 5.60 Å². The number of piperidine rings is 1. The van der Waals surface area contributed by atoms with Crippen LogP contribution in [0.5, 0.6) is 0 Å². The third kappa shape index (κ3) is 5.96. The number of ether oxygens (including phenoxy) is 1. The van der Waals surface area contributed by atoms with Crippen LogP contribution < -0.4 is 10.6 Å². The lowest BCUT2D eigenvalue weighted by molar-refractivity contribution is 0.0516. The topological polar surface area (TPSA) is 53.6 Å². The molecule has 134 valence electrons. The fraction of sp³-hybridized carbons (Fsp3) is 0.944. The molecule has 5 nitrogen and oxygen atoms in total. The maximum Gasteiger partial charge on any atom is 0.407 e. The van der Waals surface area contributed by atoms with E-state index in [4.69, 9.17) is 4.74 Å². The molecule has 2 saturated heterocycles. The van der Waals surface area contributed by atoms with Crippen molar-refractivity contribution >= 4 is 6.09 Å². The second-order valence-electron chi connectivity index (χ2n) is 8.45. The molecule has 0 bridgehead atoms. The quantitative estimate of drug-likeness (QED) is 0.816. The maximum atomic E-state index is 11.9. The van der Waals surface area contributed by atoms with Crippen LogP contribution in [0.1, 0.15) is 60.3 Å². The van der Waals surface area contributed by atoms with Gasteiger partial charge < -0.3 is 20.3 Å². The Kier molecular flexibility index (Phi) is 6.32. The number of fused-ring (bicyclic) bond motifs is 1. The first kappa shape index (κ1) is 18.5. The van der Waals surface area contributed by atoms with Gasteiger partial charge in [-0.3, -0.25) is 0 Å². The lowest BCUT2D eigenvalue weighted by Gasteiger charge is -2.38. The molecule has 2 rings (SSSR count). The van der Waals surface area contributed by atoms with E-state index >= 15 is 0 Å². The molecule has 0 saturated carbocycles. The first-order chi connectivity index (χ1) is 10.7. The molecule has 2 aliphatic heterocycles. The van der Waals surface area contributed by atoms with Crippen molar-refractivity contribution in [2.45, 2.75) is 84.0 Å². The monoisotopic (exact) mass is 325 g/mol. The first-order valence-corrected chi connectivity index (χ1v) is 9.21. The average molecular weight is 325 g/mol. The number of hydrogen-bond acceptors (Lipinski definition) is 4. The van der Waals surface area contributed by atoms with Gasteiger partial charge in [0.2, 0.25) is 0 Å². The van der Waals surface area contributed by atoms with E-state index in [1.165, 1.54) is 38.8 Å². The Morgan fingerprint density at radius 2 is 2.00 bits per heavy atom. The van der Waals surface area contributed by atoms with Gasteiger partial charge in [-0.1, -0.05) is 13.8 Å². The highest BCUT2D eigenvalue weighted by molar-refractivity contribution is 5.67. The summed E-state index contributed by atoms with van der Waals surface area (Å²) < 4.78 is 5.33. The number of nitrogens with zero attached hydrogens (tertiary/aromatic N) is 1. The Labute approximate surface area is 141 Å². The number of carbonyl (C=O) groups is 1. The van der Waals surface area contributed by atoms with Crippen molar-refractivity contribution in [1.82, 2.24) is 15.5 Å². The van der Waals surface area contributed by atoms with E-state index in [-0.39, 0.29) is 6.09 Å². The minimum Gasteiger partial charge on any atom is -0.444 e. The third-order valence-corrected chi connectivity index (χ3v) is 4.94. The molecule has 23 heavy (non-hydrogen) atoms. The zero-order valence-electron chi connectivity index (χ0n) is 15.5. The van der Waals surface area contributed by atoms with Gasteiger partial charge in [0.05, 0.1) is 0 Å². The number of alkyl carbamates (subject to hydrolysis) is 1. The van der Waals surface area contributed by atoms with Gasteiger partial charge in [-0.25, -0.2) is 4.79 Å². The number of carbonyl (C=O) groups excluding carboxylic acids is 1. The Hall–Kier alpha value is -0.810. The fourth-order valence-electron chi connectivity index (χ4n) is 3.67. The molecule has 0 aromatic rings. The third-order valence-electron chi connectivity index (χ3n) is 4.94. The average Bonchev–Trinajstić information content (AvgIpc) is 2.88. The predicted octanol–water partition coefficient (Wildman–Crippen LogP) is 2.75. The standard InChI is InChI=1S/C18H35N3O2/c1-13(2)16(12-19-17(22)23-18(3,4)5)20-14-8-10-21-9-6-7-15(21)11-14/h13-16,20H,6-12H2,1-5H3,(H,19,22). The van der Waals surface area contributed by atoms with Crippen LogP contribution in [0.15, 0.2) is 0 Å². The molecule has 0 radical (unpaired) electrons. The summed E-state index contributed by atoms with van der Waals surface area (Å²) in [6, 6.07) is 1.63. The molecule has 2 N–H and O–H groups in total. The van der Waals surface area contributed by atoms with Gasteiger partial charge in [0.1, 0.15) is 5.60 Å². The van der Waals surface area contributed by atoms with E-state index in [1.54, 1.807) is 0 Å². The fourth-order valence-corrected chi connectivity index (χ4v) is 3.67. The van der Waals surface area contributed by atoms with E-state index in [2.05, 4.69) is 29.4 Å². The second-order valence-corrected chi connectivity index (χ2v) is 8.45. The molecule has 2 aliphatic rings. The van der Waals surface area contributed by atoms with Crippen LogP contribution in [0.3, 0.4) is 0 Å². The van der Waals surface area contributed by atoms with Crippen molar-refractivity contribution in [1.29, 1.82) is 0 Å². The molecule has 0 aliphatic carbocycles. The Bertz CT molecular complexity index is 392. The Balaban J connectivity index is 1.78. The summed E-state index contributed by atoms with van der Waals surface area (Å²) in [5, 5.41) is 6.71. The maximum absolute atomic E-state index is 11.9. The highest BCUT2D eigenvalue weighted by atomic mass is 16.6. The number of hydrogen-bond donors (Lipinski definition) is 2. The summed E-state index contributed by atoms with van der Waals surface area (Å²) in [6.45, 7) is 13.2. The summed E-state index contributed by atoms with van der Waals surface area (Å²) in [4.78, 5) is 14.5. The number of rotatable bonds is 5. The van der Waals surface area contributed by atoms with E-state index in [1.807, 2.05) is 20.8 Å². The van der Waals surface area contributed by atoms with E-state index in [0.29, 0.717) is 24.5 Å². The molecule has 2 heterocycles. The van der Waals surface area contributed by atoms with Crippen molar-refractivity contribution in [3.8, 4) is 0 Å². The van der Waals surface area contributed by atoms with Crippen molar-refractivity contribution in [3.05, 3.63) is 0 Å². The smallest absolute Gasteiger partial charge is 0.407 e. The van der Waals surface area contributed by atoms with Crippen LogP contribution in [0.2, 0.25) is 0 Å². The summed E-state index contributed by atoms with van der Waals surface area (Å²) in [5.74, 6) is 0.478. The van der Waals surface area contributed by atoms with Gasteiger partial charge in [0, 0.05) is 24.7 Å². The number of nitrogens with one attached hydrogen (secondary N) is 2. The molecule has 0 spiro atoms. The van der Waals surface area contributed by atoms with Gasteiger partial charge in [0.15, 0.2) is 0 Å². The highest BCUT2D eigenvalue weighted by Gasteiger charge is 2.32. The van der Waals surface area contributed by atoms with Crippen molar-refractivity contribution in [2.24, 2.45) is 5.92 Å². The molecule has 3 unspecified atom stereocenters. The summed E-state index contributed by atoms with van der Waals surface area (Å²) in [7, 11) is 0. The largest absolute Gasteiger partial charge is 0.444 e. The van der Waals surface area contributed by atoms with Gasteiger partial charge >= 0.3 is 6.09 Å². The Morgan fingerprint density at radius 1 is 1.26 bits per heavy atom. The SMILES string of the molecule is CC(C)C(CNC(=O)OC(C)(C)C)NC1CCN2CCCC2C1. The van der Waals surface area contributed by atoms with Crippen molar-refractivity contribution in [2.75, 3.05) is 19.6 Å². The summed E-state index contributed by atoms with van der Waals surface area (Å²) in [6.07, 6.45) is 4.84. The summed E-state index contributed by atoms with van der Waals surface area (Å²) in [5.41, 5.74) is -0.444. The van der Waals surface area contributed by atoms with E-state index in [9.17, 15) is 4.79 Å². The molecular weight excluding hydrogens is 290 g/mol. The normalized spacial score (nSPS) is 26.9. The molecule has 5 heteroatoms. The molecular formula is C18H35N3O2. The van der Waals surface area contributed by atoms with Gasteiger partial charge in [-0.2, -0.15) is 0 Å². The van der Waals surface area contributed by atoms with Crippen LogP contribution in [0.25, 0.3) is 0 Å². The minimum absolute atomic E-state index is 0.292. The lowest BCUT2D eigenvalue weighted by Crippen LogP contribution is -2.53. The summed E-state index contributed by atoms with van der Waals surface area (Å²) >= 11 is 0. The van der Waals surface area contributed by atoms with Crippen LogP contribution in [-0.4, -0.2) is 54.4 Å². The minimum atomic E-state index is -0.444. The molecule has 2 fully saturated rings. The van der Waals surface area contributed by atoms with Gasteiger partial charge in [-0.05, 0) is 65.5 Å². The zero-order valence-corrected chi connectivity index (χ0v) is 15.5. The van der Waals surface area contributed by atoms with Crippen LogP contribution in [-0.2, 0) is 4.74 Å². The number of amides is 1. The lowest BCUT2D eigenvalue weighted by atomic mass is 9.95. The van der Waals surface area contributed by atoms with Crippen LogP contribution >= 0.6 is 0 Å². The van der Waals surface area contributed by atoms with Crippen LogP contribution in [0.4, 0.5) is 4.79 Å². The Morgan fingerprint density at radius 3 is 2.65 bits per heavy atom. The zero-order chi connectivity index (χ0) is 17.0. The molecule has 0 aromatic heterocycles. The van der Waals surface area contributed by atoms with Crippen molar-refractivity contribution < 1.29 is 9.53 Å². The molecule has 3 atom stereocenters. The van der Waals surface area contributed by atoms with Gasteiger partial charge in [-0.15, -0.1) is 0 Å². The molecule has 0 aromatic carbocycles. The predicted molar refractivity (Wildman–Crippen MR) is 93.6 cm³/mol. The highest BCUT2D eigenvalue weighted by Crippen LogP contribution is 2.27. The van der Waals surface area contributed by atoms with Gasteiger partial charge in [0.25, 0.3) is 0 Å². The van der Waals surface area contributed by atoms with Crippen molar-refractivity contribution in [3.63, 3.8) is 0 Å². The molecule has 1 amide bonds.